The predicted molar refractivity (Wildman–Crippen MR) is 28.3 cm³/mol. The highest BCUT2D eigenvalue weighted by molar-refractivity contribution is 5.91. The van der Waals surface area contributed by atoms with Gasteiger partial charge in [-0.25, -0.2) is 0 Å². The molecule has 0 aliphatic carbocycles. The quantitative estimate of drug-likeness (QED) is 0.310. The molecule has 0 atom stereocenters. The molecule has 0 bridgehead atoms. The van der Waals surface area contributed by atoms with Gasteiger partial charge in [-0.3, -0.25) is 0 Å². The van der Waals surface area contributed by atoms with E-state index in [0.29, 0.717) is 0 Å². The molecule has 0 aromatic rings. The van der Waals surface area contributed by atoms with Crippen LogP contribution in [0.1, 0.15) is 6.92 Å². The standard InChI is InChI=1S/C4H9N2/c1-4(5-2)6-3/h1-3H3/q-1. The summed E-state index contributed by atoms with van der Waals surface area (Å²) in [6.07, 6.45) is 0. The Morgan fingerprint density at radius 2 is 2.17 bits per heavy atom. The first-order chi connectivity index (χ1) is 2.81. The Hall–Kier alpha value is -0.530. The summed E-state index contributed by atoms with van der Waals surface area (Å²) in [5.41, 5.74) is 0. The van der Waals surface area contributed by atoms with Gasteiger partial charge in [-0.1, -0.05) is 19.9 Å². The molecule has 0 saturated carbocycles. The summed E-state index contributed by atoms with van der Waals surface area (Å²) in [7, 11) is 3.45. The van der Waals surface area contributed by atoms with Crippen molar-refractivity contribution >= 4 is 5.84 Å². The first kappa shape index (κ1) is 5.47. The fourth-order valence-corrected chi connectivity index (χ4v) is 0.100. The van der Waals surface area contributed by atoms with Gasteiger partial charge in [-0.2, -0.15) is 0 Å². The Kier molecular flexibility index (Phi) is 2.46. The van der Waals surface area contributed by atoms with Crippen LogP contribution in [-0.2, 0) is 0 Å². The first-order valence-electron chi connectivity index (χ1n) is 1.84. The van der Waals surface area contributed by atoms with Crippen LogP contribution in [-0.4, -0.2) is 19.9 Å². The molecule has 0 unspecified atom stereocenters. The molecule has 0 saturated heterocycles. The second kappa shape index (κ2) is 2.69. The summed E-state index contributed by atoms with van der Waals surface area (Å²) in [6.45, 7) is 1.86. The van der Waals surface area contributed by atoms with Crippen molar-refractivity contribution in [2.45, 2.75) is 6.92 Å². The van der Waals surface area contributed by atoms with Crippen LogP contribution in [0, 0.1) is 0 Å². The molecule has 0 aromatic carbocycles. The molecule has 0 heterocycles. The van der Waals surface area contributed by atoms with Crippen LogP contribution in [0.2, 0.25) is 0 Å². The molecule has 0 amide bonds. The number of hydrogen-bond donors (Lipinski definition) is 0. The van der Waals surface area contributed by atoms with Gasteiger partial charge in [-0.15, -0.1) is 0 Å². The lowest BCUT2D eigenvalue weighted by molar-refractivity contribution is 1.41. The van der Waals surface area contributed by atoms with Gasteiger partial charge in [-0.05, 0) is 6.92 Å². The largest absolute Gasteiger partial charge is 0.473 e. The number of amidine groups is 1. The maximum absolute atomic E-state index is 3.76. The Morgan fingerprint density at radius 1 is 1.67 bits per heavy atom. The minimum atomic E-state index is 0.843. The third-order valence-corrected chi connectivity index (χ3v) is 0.647. The molecule has 0 aliphatic heterocycles. The Balaban J connectivity index is 3.22. The lowest BCUT2D eigenvalue weighted by Crippen LogP contribution is -1.82. The van der Waals surface area contributed by atoms with E-state index in [0.717, 1.165) is 5.84 Å². The summed E-state index contributed by atoms with van der Waals surface area (Å²) in [5, 5.41) is 3.76. The molecule has 0 radical (unpaired) electrons. The van der Waals surface area contributed by atoms with Gasteiger partial charge in [0.25, 0.3) is 0 Å². The smallest absolute Gasteiger partial charge is 0.0482 e. The molecular formula is C4H9N2-. The predicted octanol–water partition coefficient (Wildman–Crippen LogP) is 1.04. The highest BCUT2D eigenvalue weighted by Crippen LogP contribution is 1.79. The van der Waals surface area contributed by atoms with E-state index in [4.69, 9.17) is 0 Å². The van der Waals surface area contributed by atoms with E-state index in [1.54, 1.807) is 14.1 Å². The summed E-state index contributed by atoms with van der Waals surface area (Å²) in [6, 6.07) is 0. The van der Waals surface area contributed by atoms with E-state index < -0.39 is 0 Å². The van der Waals surface area contributed by atoms with Crippen molar-refractivity contribution in [1.29, 1.82) is 0 Å². The summed E-state index contributed by atoms with van der Waals surface area (Å²) in [4.78, 5) is 3.76. The highest BCUT2D eigenvalue weighted by Gasteiger charge is 1.57. The molecule has 2 nitrogen and oxygen atoms in total. The van der Waals surface area contributed by atoms with Crippen LogP contribution in [0.25, 0.3) is 5.32 Å². The number of rotatable bonds is 0. The van der Waals surface area contributed by atoms with E-state index in [9.17, 15) is 0 Å². The lowest BCUT2D eigenvalue weighted by atomic mass is 10.7. The second-order valence-corrected chi connectivity index (χ2v) is 0.994. The van der Waals surface area contributed by atoms with Crippen molar-refractivity contribution < 1.29 is 0 Å². The molecule has 2 heteroatoms. The minimum absolute atomic E-state index is 0.843. The van der Waals surface area contributed by atoms with Crippen LogP contribution < -0.4 is 0 Å². The fraction of sp³-hybridized carbons (Fsp3) is 0.750. The molecule has 0 aliphatic rings. The molecule has 0 aromatic heterocycles. The summed E-state index contributed by atoms with van der Waals surface area (Å²) >= 11 is 0. The van der Waals surface area contributed by atoms with Crippen molar-refractivity contribution in [3.63, 3.8) is 0 Å². The molecule has 0 fully saturated rings. The summed E-state index contributed by atoms with van der Waals surface area (Å²) < 4.78 is 0. The maximum atomic E-state index is 3.76. The minimum Gasteiger partial charge on any atom is -0.473 e. The van der Waals surface area contributed by atoms with Crippen LogP contribution in [0.4, 0.5) is 0 Å². The van der Waals surface area contributed by atoms with Crippen molar-refractivity contribution in [2.75, 3.05) is 14.1 Å². The van der Waals surface area contributed by atoms with Gasteiger partial charge < -0.3 is 10.3 Å². The van der Waals surface area contributed by atoms with Crippen molar-refractivity contribution in [2.24, 2.45) is 4.99 Å². The number of hydrogen-bond acceptors (Lipinski definition) is 1. The van der Waals surface area contributed by atoms with Gasteiger partial charge in [0.2, 0.25) is 0 Å². The SMILES string of the molecule is CN=C(C)[N-]C. The fourth-order valence-electron chi connectivity index (χ4n) is 0.100. The van der Waals surface area contributed by atoms with Gasteiger partial charge >= 0.3 is 0 Å². The average Bonchev–Trinajstić information content (AvgIpc) is 1.65. The van der Waals surface area contributed by atoms with E-state index >= 15 is 0 Å². The van der Waals surface area contributed by atoms with E-state index in [2.05, 4.69) is 10.3 Å². The average molecular weight is 85.1 g/mol. The van der Waals surface area contributed by atoms with Crippen LogP contribution >= 0.6 is 0 Å². The normalized spacial score (nSPS) is 11.5. The third kappa shape index (κ3) is 1.76. The second-order valence-electron chi connectivity index (χ2n) is 0.994. The van der Waals surface area contributed by atoms with Gasteiger partial charge in [0.15, 0.2) is 0 Å². The van der Waals surface area contributed by atoms with E-state index in [-0.39, 0.29) is 0 Å². The monoisotopic (exact) mass is 85.1 g/mol. The first-order valence-corrected chi connectivity index (χ1v) is 1.84. The zero-order valence-corrected chi connectivity index (χ0v) is 4.39. The van der Waals surface area contributed by atoms with Gasteiger partial charge in [0.05, 0.1) is 0 Å². The molecular weight excluding hydrogens is 76.1 g/mol. The zero-order chi connectivity index (χ0) is 4.99. The maximum Gasteiger partial charge on any atom is -0.0482 e. The Labute approximate surface area is 38.3 Å². The third-order valence-electron chi connectivity index (χ3n) is 0.647. The molecule has 36 valence electrons. The van der Waals surface area contributed by atoms with Crippen LogP contribution in [0.5, 0.6) is 0 Å². The van der Waals surface area contributed by atoms with Crippen molar-refractivity contribution in [3.8, 4) is 0 Å². The van der Waals surface area contributed by atoms with Gasteiger partial charge in [0, 0.05) is 0 Å². The lowest BCUT2D eigenvalue weighted by Gasteiger charge is -2.03. The van der Waals surface area contributed by atoms with E-state index in [1.807, 2.05) is 6.92 Å². The molecule has 0 spiro atoms. The van der Waals surface area contributed by atoms with Crippen molar-refractivity contribution in [1.82, 2.24) is 0 Å². The molecule has 0 N–H and O–H groups in total. The number of nitrogens with zero attached hydrogens (tertiary/aromatic N) is 2. The molecule has 6 heavy (non-hydrogen) atoms. The van der Waals surface area contributed by atoms with Gasteiger partial charge in [0.1, 0.15) is 0 Å². The van der Waals surface area contributed by atoms with Crippen LogP contribution in [0.3, 0.4) is 0 Å². The topological polar surface area (TPSA) is 26.5 Å². The van der Waals surface area contributed by atoms with E-state index in [1.165, 1.54) is 0 Å². The Morgan fingerprint density at radius 3 is 2.17 bits per heavy atom. The Bertz CT molecular complexity index is 56.6. The highest BCUT2D eigenvalue weighted by atomic mass is 14.9. The summed E-state index contributed by atoms with van der Waals surface area (Å²) in [5.74, 6) is 0.843. The number of aliphatic imine (C=N–C) groups is 1. The van der Waals surface area contributed by atoms with Crippen LogP contribution in [0.15, 0.2) is 4.99 Å². The zero-order valence-electron chi connectivity index (χ0n) is 4.39. The van der Waals surface area contributed by atoms with Crippen molar-refractivity contribution in [3.05, 3.63) is 5.32 Å². The molecule has 0 rings (SSSR count).